The molecule has 1 amide bonds. The molecule has 184 valence electrons. The van der Waals surface area contributed by atoms with Crippen LogP contribution in [0.1, 0.15) is 30.5 Å². The minimum Gasteiger partial charge on any atom is -0.475 e. The molecule has 6 nitrogen and oxygen atoms in total. The van der Waals surface area contributed by atoms with Crippen LogP contribution in [0.5, 0.6) is 0 Å². The summed E-state index contributed by atoms with van der Waals surface area (Å²) in [5.41, 5.74) is 2.40. The molecule has 0 saturated carbocycles. The van der Waals surface area contributed by atoms with E-state index in [4.69, 9.17) is 14.6 Å². The lowest BCUT2D eigenvalue weighted by Crippen LogP contribution is -2.41. The van der Waals surface area contributed by atoms with Gasteiger partial charge in [0.15, 0.2) is 0 Å². The zero-order chi connectivity index (χ0) is 24.8. The van der Waals surface area contributed by atoms with E-state index < -0.39 is 12.1 Å². The summed E-state index contributed by atoms with van der Waals surface area (Å²) in [5.74, 6) is -2.51. The van der Waals surface area contributed by atoms with Gasteiger partial charge in [0.05, 0.1) is 13.2 Å². The molecule has 2 unspecified atom stereocenters. The fraction of sp³-hybridized carbons (Fsp3) is 0.440. The zero-order valence-electron chi connectivity index (χ0n) is 19.0. The molecule has 1 N–H and O–H groups in total. The topological polar surface area (TPSA) is 70.1 Å². The summed E-state index contributed by atoms with van der Waals surface area (Å²) in [4.78, 5) is 26.2. The molecular formula is C25H29F3N2O4. The van der Waals surface area contributed by atoms with Gasteiger partial charge >= 0.3 is 12.1 Å². The van der Waals surface area contributed by atoms with E-state index in [9.17, 15) is 18.0 Å². The number of nitrogens with zero attached hydrogens (tertiary/aromatic N) is 2. The van der Waals surface area contributed by atoms with Gasteiger partial charge in [-0.15, -0.1) is 0 Å². The second kappa shape index (κ2) is 11.0. The molecule has 2 aliphatic rings. The number of alkyl halides is 3. The molecule has 2 atom stereocenters. The van der Waals surface area contributed by atoms with E-state index in [1.54, 1.807) is 0 Å². The Morgan fingerprint density at radius 1 is 1.09 bits per heavy atom. The molecule has 34 heavy (non-hydrogen) atoms. The number of carbonyl (C=O) groups excluding carboxylic acids is 1. The number of halogens is 3. The Labute approximate surface area is 196 Å². The van der Waals surface area contributed by atoms with Crippen LogP contribution in [0.3, 0.4) is 0 Å². The van der Waals surface area contributed by atoms with Gasteiger partial charge < -0.3 is 14.7 Å². The first-order valence-corrected chi connectivity index (χ1v) is 11.1. The molecule has 2 aromatic carbocycles. The van der Waals surface area contributed by atoms with E-state index in [-0.39, 0.29) is 11.3 Å². The number of carbonyl (C=O) groups is 2. The maximum absolute atomic E-state index is 12.8. The van der Waals surface area contributed by atoms with Crippen LogP contribution >= 0.6 is 0 Å². The summed E-state index contributed by atoms with van der Waals surface area (Å²) in [6, 6.07) is 21.2. The Bertz CT molecular complexity index is 956. The lowest BCUT2D eigenvalue weighted by Gasteiger charge is -2.35. The summed E-state index contributed by atoms with van der Waals surface area (Å²) in [7, 11) is 0. The van der Waals surface area contributed by atoms with Gasteiger partial charge in [-0.3, -0.25) is 9.69 Å². The van der Waals surface area contributed by atoms with E-state index in [0.717, 1.165) is 26.2 Å². The molecule has 2 aromatic rings. The van der Waals surface area contributed by atoms with Crippen molar-refractivity contribution in [1.29, 1.82) is 0 Å². The summed E-state index contributed by atoms with van der Waals surface area (Å²) in [5, 5.41) is 7.12. The van der Waals surface area contributed by atoms with E-state index in [1.165, 1.54) is 11.1 Å². The number of carboxylic acid groups (broad SMARTS) is 1. The molecule has 4 rings (SSSR count). The normalized spacial score (nSPS) is 22.1. The average Bonchev–Trinajstić information content (AvgIpc) is 2.97. The van der Waals surface area contributed by atoms with Crippen LogP contribution in [-0.4, -0.2) is 65.8 Å². The van der Waals surface area contributed by atoms with E-state index in [2.05, 4.69) is 54.3 Å². The van der Waals surface area contributed by atoms with Crippen LogP contribution < -0.4 is 0 Å². The molecule has 0 aliphatic carbocycles. The maximum Gasteiger partial charge on any atom is 0.490 e. The van der Waals surface area contributed by atoms with Gasteiger partial charge in [0.25, 0.3) is 0 Å². The highest BCUT2D eigenvalue weighted by Gasteiger charge is 2.46. The van der Waals surface area contributed by atoms with Gasteiger partial charge in [-0.05, 0) is 18.1 Å². The minimum atomic E-state index is -5.08. The van der Waals surface area contributed by atoms with Gasteiger partial charge in [0.2, 0.25) is 5.91 Å². The van der Waals surface area contributed by atoms with Crippen LogP contribution in [0.4, 0.5) is 13.2 Å². The third kappa shape index (κ3) is 6.80. The van der Waals surface area contributed by atoms with Crippen molar-refractivity contribution in [3.05, 3.63) is 71.8 Å². The highest BCUT2D eigenvalue weighted by Crippen LogP contribution is 2.37. The van der Waals surface area contributed by atoms with Crippen molar-refractivity contribution in [2.45, 2.75) is 32.1 Å². The van der Waals surface area contributed by atoms with Crippen molar-refractivity contribution < 1.29 is 32.6 Å². The Hall–Kier alpha value is -2.91. The third-order valence-corrected chi connectivity index (χ3v) is 6.16. The lowest BCUT2D eigenvalue weighted by molar-refractivity contribution is -0.192. The van der Waals surface area contributed by atoms with Crippen LogP contribution in [0.2, 0.25) is 0 Å². The van der Waals surface area contributed by atoms with Crippen molar-refractivity contribution in [2.75, 3.05) is 32.8 Å². The molecule has 0 bridgehead atoms. The second-order valence-electron chi connectivity index (χ2n) is 8.82. The summed E-state index contributed by atoms with van der Waals surface area (Å²) < 4.78 is 37.7. The first-order valence-electron chi connectivity index (χ1n) is 11.1. The fourth-order valence-electron chi connectivity index (χ4n) is 4.43. The van der Waals surface area contributed by atoms with Crippen LogP contribution in [0.25, 0.3) is 0 Å². The number of benzene rings is 2. The predicted molar refractivity (Wildman–Crippen MR) is 120 cm³/mol. The SMILES string of the molecule is CC(c1ccccc1)N1CCOCC2(CC(=O)N(Cc3ccccc3)C2)C1.O=C(O)C(F)(F)F. The molecule has 0 aromatic heterocycles. The standard InChI is InChI=1S/C23H28N2O2.C2HF3O2/c1-19(21-10-6-3-7-11-21)24-12-13-27-18-23(16-24)14-22(26)25(17-23)15-20-8-4-2-5-9-20;3-2(4,5)1(6)7/h2-11,19H,12-18H2,1H3;(H,6,7). The van der Waals surface area contributed by atoms with Crippen molar-refractivity contribution in [2.24, 2.45) is 5.41 Å². The molecule has 1 spiro atoms. The highest BCUT2D eigenvalue weighted by atomic mass is 19.4. The van der Waals surface area contributed by atoms with Crippen molar-refractivity contribution >= 4 is 11.9 Å². The molecule has 2 heterocycles. The first-order chi connectivity index (χ1) is 16.1. The van der Waals surface area contributed by atoms with E-state index in [0.29, 0.717) is 25.6 Å². The number of hydrogen-bond donors (Lipinski definition) is 1. The second-order valence-corrected chi connectivity index (χ2v) is 8.82. The van der Waals surface area contributed by atoms with Gasteiger partial charge in [-0.2, -0.15) is 13.2 Å². The summed E-state index contributed by atoms with van der Waals surface area (Å²) in [6.07, 6.45) is -4.50. The van der Waals surface area contributed by atoms with Crippen molar-refractivity contribution in [1.82, 2.24) is 9.80 Å². The monoisotopic (exact) mass is 478 g/mol. The Balaban J connectivity index is 0.000000406. The average molecular weight is 479 g/mol. The Morgan fingerprint density at radius 2 is 1.68 bits per heavy atom. The van der Waals surface area contributed by atoms with Crippen molar-refractivity contribution in [3.63, 3.8) is 0 Å². The fourth-order valence-corrected chi connectivity index (χ4v) is 4.43. The van der Waals surface area contributed by atoms with E-state index in [1.807, 2.05) is 23.1 Å². The number of amides is 1. The largest absolute Gasteiger partial charge is 0.490 e. The highest BCUT2D eigenvalue weighted by molar-refractivity contribution is 5.79. The smallest absolute Gasteiger partial charge is 0.475 e. The number of hydrogen-bond acceptors (Lipinski definition) is 4. The Kier molecular flexibility index (Phi) is 8.33. The molecule has 2 aliphatic heterocycles. The Morgan fingerprint density at radius 3 is 2.26 bits per heavy atom. The molecule has 2 fully saturated rings. The predicted octanol–water partition coefficient (Wildman–Crippen LogP) is 4.13. The lowest BCUT2D eigenvalue weighted by atomic mass is 9.86. The number of rotatable bonds is 4. The van der Waals surface area contributed by atoms with Gasteiger partial charge in [-0.25, -0.2) is 4.79 Å². The minimum absolute atomic E-state index is 0.106. The number of ether oxygens (including phenoxy) is 1. The van der Waals surface area contributed by atoms with Gasteiger partial charge in [0, 0.05) is 44.1 Å². The van der Waals surface area contributed by atoms with Gasteiger partial charge in [0.1, 0.15) is 0 Å². The zero-order valence-corrected chi connectivity index (χ0v) is 19.0. The first kappa shape index (κ1) is 25.7. The third-order valence-electron chi connectivity index (χ3n) is 6.16. The molecular weight excluding hydrogens is 449 g/mol. The van der Waals surface area contributed by atoms with Crippen LogP contribution in [0, 0.1) is 5.41 Å². The van der Waals surface area contributed by atoms with E-state index >= 15 is 0 Å². The maximum atomic E-state index is 12.8. The summed E-state index contributed by atoms with van der Waals surface area (Å²) >= 11 is 0. The summed E-state index contributed by atoms with van der Waals surface area (Å²) in [6.45, 7) is 6.93. The van der Waals surface area contributed by atoms with Gasteiger partial charge in [-0.1, -0.05) is 60.7 Å². The number of carboxylic acids is 1. The van der Waals surface area contributed by atoms with Crippen LogP contribution in [0.15, 0.2) is 60.7 Å². The molecule has 9 heteroatoms. The quantitative estimate of drug-likeness (QED) is 0.716. The van der Waals surface area contributed by atoms with Crippen molar-refractivity contribution in [3.8, 4) is 0 Å². The van der Waals surface area contributed by atoms with Crippen LogP contribution in [-0.2, 0) is 20.9 Å². The number of aliphatic carboxylic acids is 1. The molecule has 2 saturated heterocycles. The molecule has 0 radical (unpaired) electrons. The number of likely N-dealkylation sites (tertiary alicyclic amines) is 1.